The molecular formula is C30H55NO5S. The Morgan fingerprint density at radius 1 is 0.703 bits per heavy atom. The largest absolute Gasteiger partial charge is 0.387 e. The Hall–Kier alpha value is -1.44. The molecule has 6 nitrogen and oxygen atoms in total. The van der Waals surface area contributed by atoms with Gasteiger partial charge in [-0.3, -0.25) is 9.35 Å². The van der Waals surface area contributed by atoms with Crippen molar-refractivity contribution in [3.63, 3.8) is 0 Å². The van der Waals surface area contributed by atoms with Crippen LogP contribution in [0.5, 0.6) is 0 Å². The predicted octanol–water partition coefficient (Wildman–Crippen LogP) is 7.45. The zero-order valence-electron chi connectivity index (χ0n) is 23.6. The summed E-state index contributed by atoms with van der Waals surface area (Å²) < 4.78 is 32.1. The molecule has 0 saturated carbocycles. The maximum absolute atomic E-state index is 12.3. The Balaban J connectivity index is 4.22. The van der Waals surface area contributed by atoms with Crippen LogP contribution in [0, 0.1) is 0 Å². The lowest BCUT2D eigenvalue weighted by Crippen LogP contribution is -2.46. The van der Waals surface area contributed by atoms with E-state index in [1.165, 1.54) is 51.0 Å². The standard InChI is InChI=1S/C30H55NO5S/c1-3-5-7-9-11-13-15-16-17-19-21-23-25-29(32)28(27-37(34,35)36)31-30(33)26-24-22-20-18-14-12-10-8-6-4-2/h8,10,16-17,23,25,28-29,32H,3-7,9,11-15,18-22,24,26-27H2,1-2H3,(H,31,33)(H,34,35,36)/b10-8-,17-16+,25-23+. The van der Waals surface area contributed by atoms with E-state index >= 15 is 0 Å². The Morgan fingerprint density at radius 2 is 1.22 bits per heavy atom. The van der Waals surface area contributed by atoms with E-state index in [9.17, 15) is 22.9 Å². The minimum Gasteiger partial charge on any atom is -0.387 e. The van der Waals surface area contributed by atoms with Gasteiger partial charge in [0.05, 0.1) is 17.9 Å². The van der Waals surface area contributed by atoms with Crippen molar-refractivity contribution in [1.29, 1.82) is 0 Å². The van der Waals surface area contributed by atoms with Crippen LogP contribution >= 0.6 is 0 Å². The van der Waals surface area contributed by atoms with Gasteiger partial charge in [0.15, 0.2) is 0 Å². The molecule has 0 aromatic carbocycles. The Labute approximate surface area is 227 Å². The van der Waals surface area contributed by atoms with Gasteiger partial charge < -0.3 is 10.4 Å². The van der Waals surface area contributed by atoms with Gasteiger partial charge in [0.25, 0.3) is 10.1 Å². The molecule has 3 N–H and O–H groups in total. The normalized spacial score (nSPS) is 14.2. The topological polar surface area (TPSA) is 104 Å². The fourth-order valence-electron chi connectivity index (χ4n) is 4.05. The fourth-order valence-corrected chi connectivity index (χ4v) is 4.79. The lowest BCUT2D eigenvalue weighted by Gasteiger charge is -2.21. The van der Waals surface area contributed by atoms with Crippen LogP contribution in [0.4, 0.5) is 0 Å². The fraction of sp³-hybridized carbons (Fsp3) is 0.767. The molecule has 0 heterocycles. The number of carbonyl (C=O) groups excluding carboxylic acids is 1. The summed E-state index contributed by atoms with van der Waals surface area (Å²) in [6.07, 6.45) is 29.9. The van der Waals surface area contributed by atoms with Crippen molar-refractivity contribution in [3.8, 4) is 0 Å². The summed E-state index contributed by atoms with van der Waals surface area (Å²) in [4.78, 5) is 12.3. The van der Waals surface area contributed by atoms with Crippen LogP contribution in [0.15, 0.2) is 36.5 Å². The van der Waals surface area contributed by atoms with E-state index in [0.29, 0.717) is 12.8 Å². The molecule has 0 spiro atoms. The lowest BCUT2D eigenvalue weighted by molar-refractivity contribution is -0.122. The van der Waals surface area contributed by atoms with Crippen LogP contribution < -0.4 is 5.32 Å². The van der Waals surface area contributed by atoms with Gasteiger partial charge >= 0.3 is 0 Å². The van der Waals surface area contributed by atoms with Gasteiger partial charge in [-0.25, -0.2) is 0 Å². The quantitative estimate of drug-likeness (QED) is 0.0632. The molecule has 0 rings (SSSR count). The first-order valence-electron chi connectivity index (χ1n) is 14.7. The van der Waals surface area contributed by atoms with E-state index in [2.05, 4.69) is 43.5 Å². The highest BCUT2D eigenvalue weighted by Gasteiger charge is 2.24. The summed E-state index contributed by atoms with van der Waals surface area (Å²) in [7, 11) is -4.34. The smallest absolute Gasteiger partial charge is 0.267 e. The molecule has 0 aliphatic carbocycles. The molecule has 0 aliphatic rings. The average molecular weight is 542 g/mol. The summed E-state index contributed by atoms with van der Waals surface area (Å²) in [5.74, 6) is -1.02. The van der Waals surface area contributed by atoms with Gasteiger partial charge in [-0.15, -0.1) is 0 Å². The highest BCUT2D eigenvalue weighted by Crippen LogP contribution is 2.10. The molecule has 2 atom stereocenters. The van der Waals surface area contributed by atoms with Gasteiger partial charge in [-0.2, -0.15) is 8.42 Å². The number of amides is 1. The van der Waals surface area contributed by atoms with Crippen LogP contribution in [-0.4, -0.2) is 41.9 Å². The monoisotopic (exact) mass is 541 g/mol. The molecular weight excluding hydrogens is 486 g/mol. The van der Waals surface area contributed by atoms with Crippen molar-refractivity contribution < 1.29 is 22.9 Å². The van der Waals surface area contributed by atoms with Crippen LogP contribution in [0.3, 0.4) is 0 Å². The molecule has 7 heteroatoms. The zero-order chi connectivity index (χ0) is 27.6. The van der Waals surface area contributed by atoms with Crippen molar-refractivity contribution >= 4 is 16.0 Å². The average Bonchev–Trinajstić information content (AvgIpc) is 2.84. The number of carbonyl (C=O) groups is 1. The summed E-state index contributed by atoms with van der Waals surface area (Å²) in [5.41, 5.74) is 0. The summed E-state index contributed by atoms with van der Waals surface area (Å²) in [6.45, 7) is 4.39. The molecule has 2 unspecified atom stereocenters. The van der Waals surface area contributed by atoms with Crippen LogP contribution in [0.25, 0.3) is 0 Å². The van der Waals surface area contributed by atoms with Crippen molar-refractivity contribution in [1.82, 2.24) is 5.32 Å². The minimum absolute atomic E-state index is 0.276. The maximum atomic E-state index is 12.3. The number of nitrogens with one attached hydrogen (secondary N) is 1. The molecule has 0 saturated heterocycles. The molecule has 0 aliphatic heterocycles. The highest BCUT2D eigenvalue weighted by molar-refractivity contribution is 7.85. The maximum Gasteiger partial charge on any atom is 0.267 e. The van der Waals surface area contributed by atoms with Crippen molar-refractivity contribution in [3.05, 3.63) is 36.5 Å². The first kappa shape index (κ1) is 35.6. The van der Waals surface area contributed by atoms with E-state index in [-0.39, 0.29) is 12.3 Å². The van der Waals surface area contributed by atoms with Crippen LogP contribution in [-0.2, 0) is 14.9 Å². The van der Waals surface area contributed by atoms with Crippen LogP contribution in [0.1, 0.15) is 129 Å². The Morgan fingerprint density at radius 3 is 1.81 bits per heavy atom. The second-order valence-corrected chi connectivity index (χ2v) is 11.5. The van der Waals surface area contributed by atoms with E-state index in [0.717, 1.165) is 51.4 Å². The van der Waals surface area contributed by atoms with E-state index in [4.69, 9.17) is 0 Å². The molecule has 216 valence electrons. The SMILES string of the molecule is CCC/C=C\CCCCCCCC(=O)NC(CS(=O)(=O)O)C(O)/C=C/CC/C=C/CCCCCCCC. The summed E-state index contributed by atoms with van der Waals surface area (Å²) in [6, 6.07) is -1.07. The Kier molecular flexibility index (Phi) is 23.9. The van der Waals surface area contributed by atoms with E-state index in [1.807, 2.05) is 0 Å². The summed E-state index contributed by atoms with van der Waals surface area (Å²) >= 11 is 0. The minimum atomic E-state index is -4.34. The lowest BCUT2D eigenvalue weighted by atomic mass is 10.1. The third kappa shape index (κ3) is 26.0. The number of hydrogen-bond donors (Lipinski definition) is 3. The third-order valence-electron chi connectivity index (χ3n) is 6.27. The number of allylic oxidation sites excluding steroid dienone is 5. The number of aliphatic hydroxyl groups is 1. The first-order valence-corrected chi connectivity index (χ1v) is 16.3. The highest BCUT2D eigenvalue weighted by atomic mass is 32.2. The van der Waals surface area contributed by atoms with Gasteiger partial charge in [-0.1, -0.05) is 108 Å². The molecule has 0 aromatic heterocycles. The van der Waals surface area contributed by atoms with Crippen LogP contribution in [0.2, 0.25) is 0 Å². The van der Waals surface area contributed by atoms with Gasteiger partial charge in [0.1, 0.15) is 0 Å². The van der Waals surface area contributed by atoms with E-state index < -0.39 is 28.0 Å². The molecule has 37 heavy (non-hydrogen) atoms. The van der Waals surface area contributed by atoms with Crippen molar-refractivity contribution in [2.45, 2.75) is 142 Å². The van der Waals surface area contributed by atoms with Crippen molar-refractivity contribution in [2.24, 2.45) is 0 Å². The second-order valence-electron chi connectivity index (χ2n) is 10.0. The number of unbranched alkanes of at least 4 members (excludes halogenated alkanes) is 13. The molecule has 0 radical (unpaired) electrons. The van der Waals surface area contributed by atoms with Gasteiger partial charge in [-0.05, 0) is 51.4 Å². The van der Waals surface area contributed by atoms with E-state index in [1.54, 1.807) is 6.08 Å². The molecule has 0 bridgehead atoms. The number of hydrogen-bond acceptors (Lipinski definition) is 4. The zero-order valence-corrected chi connectivity index (χ0v) is 24.4. The first-order chi connectivity index (χ1) is 17.8. The molecule has 0 aromatic rings. The van der Waals surface area contributed by atoms with Gasteiger partial charge in [0.2, 0.25) is 5.91 Å². The number of rotatable bonds is 25. The summed E-state index contributed by atoms with van der Waals surface area (Å²) in [5, 5.41) is 13.0. The van der Waals surface area contributed by atoms with Gasteiger partial charge in [0, 0.05) is 6.42 Å². The predicted molar refractivity (Wildman–Crippen MR) is 156 cm³/mol. The molecule has 0 fully saturated rings. The van der Waals surface area contributed by atoms with Crippen molar-refractivity contribution in [2.75, 3.05) is 5.75 Å². The Bertz CT molecular complexity index is 730. The third-order valence-corrected chi connectivity index (χ3v) is 7.05. The second kappa shape index (κ2) is 24.9. The molecule has 1 amide bonds. The number of aliphatic hydroxyl groups excluding tert-OH is 1.